The van der Waals surface area contributed by atoms with Gasteiger partial charge in [-0.2, -0.15) is 0 Å². The second-order valence-corrected chi connectivity index (χ2v) is 4.16. The SMILES string of the molecule is O=C(CNc1c(F)cccc1C(=O)O)NC1CC1. The number of hydrogen-bond acceptors (Lipinski definition) is 3. The van der Waals surface area contributed by atoms with Crippen molar-refractivity contribution < 1.29 is 19.1 Å². The van der Waals surface area contributed by atoms with Gasteiger partial charge in [0.15, 0.2) is 0 Å². The molecule has 96 valence electrons. The molecule has 0 atom stereocenters. The third-order valence-corrected chi connectivity index (χ3v) is 2.61. The average molecular weight is 252 g/mol. The molecule has 1 aromatic rings. The summed E-state index contributed by atoms with van der Waals surface area (Å²) in [6.45, 7) is -0.141. The Labute approximate surface area is 103 Å². The van der Waals surface area contributed by atoms with Gasteiger partial charge in [-0.05, 0) is 25.0 Å². The van der Waals surface area contributed by atoms with Gasteiger partial charge in [0.05, 0.1) is 17.8 Å². The quantitative estimate of drug-likeness (QED) is 0.736. The number of halogens is 1. The van der Waals surface area contributed by atoms with Crippen LogP contribution in [-0.4, -0.2) is 29.6 Å². The molecule has 5 nitrogen and oxygen atoms in total. The molecule has 0 bridgehead atoms. The molecule has 2 rings (SSSR count). The van der Waals surface area contributed by atoms with Crippen molar-refractivity contribution in [3.8, 4) is 0 Å². The number of benzene rings is 1. The van der Waals surface area contributed by atoms with Crippen LogP contribution in [0.25, 0.3) is 0 Å². The lowest BCUT2D eigenvalue weighted by Crippen LogP contribution is -2.31. The van der Waals surface area contributed by atoms with E-state index in [1.165, 1.54) is 12.1 Å². The molecule has 18 heavy (non-hydrogen) atoms. The van der Waals surface area contributed by atoms with Gasteiger partial charge < -0.3 is 15.7 Å². The normalized spacial score (nSPS) is 14.1. The van der Waals surface area contributed by atoms with Crippen LogP contribution >= 0.6 is 0 Å². The van der Waals surface area contributed by atoms with Crippen molar-refractivity contribution in [3.05, 3.63) is 29.6 Å². The zero-order valence-corrected chi connectivity index (χ0v) is 9.57. The summed E-state index contributed by atoms with van der Waals surface area (Å²) in [6, 6.07) is 3.97. The van der Waals surface area contributed by atoms with Gasteiger partial charge >= 0.3 is 5.97 Å². The summed E-state index contributed by atoms with van der Waals surface area (Å²) in [5, 5.41) is 14.2. The summed E-state index contributed by atoms with van der Waals surface area (Å²) >= 11 is 0. The highest BCUT2D eigenvalue weighted by Gasteiger charge is 2.23. The first kappa shape index (κ1) is 12.3. The predicted molar refractivity (Wildman–Crippen MR) is 63.0 cm³/mol. The molecule has 1 aliphatic rings. The summed E-state index contributed by atoms with van der Waals surface area (Å²) in [4.78, 5) is 22.3. The number of carboxylic acid groups (broad SMARTS) is 1. The lowest BCUT2D eigenvalue weighted by molar-refractivity contribution is -0.119. The molecule has 6 heteroatoms. The van der Waals surface area contributed by atoms with E-state index in [1.807, 2.05) is 0 Å². The fourth-order valence-electron chi connectivity index (χ4n) is 1.56. The van der Waals surface area contributed by atoms with Crippen LogP contribution in [-0.2, 0) is 4.79 Å². The van der Waals surface area contributed by atoms with Crippen molar-refractivity contribution in [1.29, 1.82) is 0 Å². The highest BCUT2D eigenvalue weighted by atomic mass is 19.1. The van der Waals surface area contributed by atoms with Crippen LogP contribution in [0.4, 0.5) is 10.1 Å². The first-order valence-corrected chi connectivity index (χ1v) is 5.63. The molecular formula is C12H13FN2O3. The van der Waals surface area contributed by atoms with Crippen LogP contribution in [0.1, 0.15) is 23.2 Å². The molecule has 1 fully saturated rings. The molecular weight excluding hydrogens is 239 g/mol. The minimum Gasteiger partial charge on any atom is -0.478 e. The molecule has 1 saturated carbocycles. The highest BCUT2D eigenvalue weighted by Crippen LogP contribution is 2.20. The molecule has 1 amide bonds. The summed E-state index contributed by atoms with van der Waals surface area (Å²) in [5.74, 6) is -2.19. The van der Waals surface area contributed by atoms with Crippen LogP contribution in [0, 0.1) is 5.82 Å². The zero-order chi connectivity index (χ0) is 13.1. The zero-order valence-electron chi connectivity index (χ0n) is 9.57. The van der Waals surface area contributed by atoms with Crippen LogP contribution in [0.2, 0.25) is 0 Å². The van der Waals surface area contributed by atoms with E-state index in [1.54, 1.807) is 0 Å². The topological polar surface area (TPSA) is 78.4 Å². The van der Waals surface area contributed by atoms with Crippen LogP contribution < -0.4 is 10.6 Å². The van der Waals surface area contributed by atoms with Crippen molar-refractivity contribution in [3.63, 3.8) is 0 Å². The van der Waals surface area contributed by atoms with E-state index in [0.717, 1.165) is 18.9 Å². The minimum atomic E-state index is -1.24. The molecule has 0 saturated heterocycles. The van der Waals surface area contributed by atoms with Crippen molar-refractivity contribution in [2.24, 2.45) is 0 Å². The summed E-state index contributed by atoms with van der Waals surface area (Å²) < 4.78 is 13.5. The molecule has 0 aromatic heterocycles. The number of carboxylic acids is 1. The number of anilines is 1. The van der Waals surface area contributed by atoms with E-state index in [9.17, 15) is 14.0 Å². The Hall–Kier alpha value is -2.11. The predicted octanol–water partition coefficient (Wildman–Crippen LogP) is 1.21. The molecule has 1 aromatic carbocycles. The van der Waals surface area contributed by atoms with Crippen molar-refractivity contribution in [2.75, 3.05) is 11.9 Å². The number of carbonyl (C=O) groups is 2. The third-order valence-electron chi connectivity index (χ3n) is 2.61. The van der Waals surface area contributed by atoms with Crippen LogP contribution in [0.5, 0.6) is 0 Å². The number of carbonyl (C=O) groups excluding carboxylic acids is 1. The van der Waals surface area contributed by atoms with Crippen LogP contribution in [0.3, 0.4) is 0 Å². The minimum absolute atomic E-state index is 0.141. The Bertz CT molecular complexity index is 486. The Morgan fingerprint density at radius 1 is 1.39 bits per heavy atom. The molecule has 0 aliphatic heterocycles. The number of amides is 1. The standard InChI is InChI=1S/C12H13FN2O3/c13-9-3-1-2-8(12(17)18)11(9)14-6-10(16)15-7-4-5-7/h1-3,7,14H,4-6H2,(H,15,16)(H,17,18). The summed E-state index contributed by atoms with van der Waals surface area (Å²) in [6.07, 6.45) is 1.93. The van der Waals surface area contributed by atoms with E-state index in [4.69, 9.17) is 5.11 Å². The molecule has 0 radical (unpaired) electrons. The molecule has 0 heterocycles. The monoisotopic (exact) mass is 252 g/mol. The fraction of sp³-hybridized carbons (Fsp3) is 0.333. The maximum absolute atomic E-state index is 13.5. The second kappa shape index (κ2) is 5.03. The van der Waals surface area contributed by atoms with Crippen molar-refractivity contribution in [2.45, 2.75) is 18.9 Å². The Kier molecular flexibility index (Phi) is 3.45. The maximum atomic E-state index is 13.5. The maximum Gasteiger partial charge on any atom is 0.337 e. The first-order valence-electron chi connectivity index (χ1n) is 5.63. The summed E-state index contributed by atoms with van der Waals surface area (Å²) in [7, 11) is 0. The number of hydrogen-bond donors (Lipinski definition) is 3. The van der Waals surface area contributed by atoms with E-state index in [-0.39, 0.29) is 29.7 Å². The molecule has 3 N–H and O–H groups in total. The summed E-state index contributed by atoms with van der Waals surface area (Å²) in [5.41, 5.74) is -0.342. The third kappa shape index (κ3) is 2.97. The van der Waals surface area contributed by atoms with Gasteiger partial charge in [-0.3, -0.25) is 4.79 Å². The average Bonchev–Trinajstić information content (AvgIpc) is 3.10. The second-order valence-electron chi connectivity index (χ2n) is 4.16. The molecule has 0 unspecified atom stereocenters. The fourth-order valence-corrected chi connectivity index (χ4v) is 1.56. The lowest BCUT2D eigenvalue weighted by Gasteiger charge is -2.10. The number of aromatic carboxylic acids is 1. The van der Waals surface area contributed by atoms with Gasteiger partial charge in [-0.1, -0.05) is 6.07 Å². The van der Waals surface area contributed by atoms with Crippen LogP contribution in [0.15, 0.2) is 18.2 Å². The number of rotatable bonds is 5. The smallest absolute Gasteiger partial charge is 0.337 e. The molecule has 1 aliphatic carbocycles. The van der Waals surface area contributed by atoms with Gasteiger partial charge in [0.1, 0.15) is 5.82 Å². The Morgan fingerprint density at radius 3 is 2.72 bits per heavy atom. The van der Waals surface area contributed by atoms with Gasteiger partial charge in [0.2, 0.25) is 5.91 Å². The van der Waals surface area contributed by atoms with Crippen molar-refractivity contribution >= 4 is 17.6 Å². The number of para-hydroxylation sites is 1. The van der Waals surface area contributed by atoms with Gasteiger partial charge in [0, 0.05) is 6.04 Å². The molecule has 0 spiro atoms. The highest BCUT2D eigenvalue weighted by molar-refractivity contribution is 5.95. The van der Waals surface area contributed by atoms with Gasteiger partial charge in [-0.15, -0.1) is 0 Å². The van der Waals surface area contributed by atoms with Gasteiger partial charge in [-0.25, -0.2) is 9.18 Å². The van der Waals surface area contributed by atoms with Crippen molar-refractivity contribution in [1.82, 2.24) is 5.32 Å². The van der Waals surface area contributed by atoms with E-state index in [2.05, 4.69) is 10.6 Å². The Balaban J connectivity index is 2.03. The first-order chi connectivity index (χ1) is 8.58. The number of nitrogens with one attached hydrogen (secondary N) is 2. The lowest BCUT2D eigenvalue weighted by atomic mass is 10.1. The Morgan fingerprint density at radius 2 is 2.11 bits per heavy atom. The van der Waals surface area contributed by atoms with E-state index < -0.39 is 11.8 Å². The largest absolute Gasteiger partial charge is 0.478 e. The van der Waals surface area contributed by atoms with E-state index in [0.29, 0.717) is 0 Å². The van der Waals surface area contributed by atoms with Gasteiger partial charge in [0.25, 0.3) is 0 Å². The van der Waals surface area contributed by atoms with E-state index >= 15 is 0 Å².